The Morgan fingerprint density at radius 2 is 1.62 bits per heavy atom. The number of anilines is 7. The highest BCUT2D eigenvalue weighted by Crippen LogP contribution is 2.41. The average Bonchev–Trinajstić information content (AvgIpc) is 3.66. The highest BCUT2D eigenvalue weighted by atomic mass is 35.5. The number of rotatable bonds is 12. The molecule has 3 saturated heterocycles. The Labute approximate surface area is 342 Å². The Kier molecular flexibility index (Phi) is 12.0. The van der Waals surface area contributed by atoms with Crippen LogP contribution in [0.15, 0.2) is 91.4 Å². The number of nitrogens with zero attached hydrogens (tertiary/aromatic N) is 6. The number of allylic oxidation sites excluding steroid dienone is 2. The molecule has 0 saturated carbocycles. The molecule has 3 aromatic carbocycles. The second-order valence-electron chi connectivity index (χ2n) is 15.7. The highest BCUT2D eigenvalue weighted by Gasteiger charge is 2.25. The van der Waals surface area contributed by atoms with Gasteiger partial charge in [0.25, 0.3) is 0 Å². The Bertz CT molecular complexity index is 2020. The summed E-state index contributed by atoms with van der Waals surface area (Å²) in [4.78, 5) is 17.1. The van der Waals surface area contributed by atoms with Crippen molar-refractivity contribution in [1.29, 1.82) is 0 Å². The van der Waals surface area contributed by atoms with E-state index >= 15 is 0 Å². The molecule has 1 unspecified atom stereocenters. The van der Waals surface area contributed by atoms with Gasteiger partial charge in [0.2, 0.25) is 5.95 Å². The molecule has 11 heteroatoms. The van der Waals surface area contributed by atoms with Gasteiger partial charge < -0.3 is 30.1 Å². The number of nitrogens with one attached hydrogen (secondary N) is 3. The Balaban J connectivity index is 0.802. The molecule has 0 spiro atoms. The fourth-order valence-electron chi connectivity index (χ4n) is 8.89. The second-order valence-corrected chi connectivity index (χ2v) is 16.9. The molecule has 1 atom stereocenters. The zero-order valence-corrected chi connectivity index (χ0v) is 34.6. The molecule has 3 N–H and O–H groups in total. The summed E-state index contributed by atoms with van der Waals surface area (Å²) in [6.45, 7) is 19.3. The molecule has 0 radical (unpaired) electrons. The van der Waals surface area contributed by atoms with E-state index in [0.717, 1.165) is 100 Å². The molecule has 294 valence electrons. The normalized spacial score (nSPS) is 19.3. The molecule has 8 rings (SSSR count). The van der Waals surface area contributed by atoms with Crippen molar-refractivity contribution in [2.45, 2.75) is 57.8 Å². The quantitative estimate of drug-likeness (QED) is 0.121. The van der Waals surface area contributed by atoms with Crippen molar-refractivity contribution < 1.29 is 0 Å². The molecule has 3 fully saturated rings. The van der Waals surface area contributed by atoms with Crippen LogP contribution in [0.1, 0.15) is 61.6 Å². The van der Waals surface area contributed by atoms with E-state index in [1.54, 1.807) is 18.1 Å². The van der Waals surface area contributed by atoms with Crippen LogP contribution in [0.3, 0.4) is 0 Å². The van der Waals surface area contributed by atoms with Gasteiger partial charge in [0.15, 0.2) is 5.82 Å². The van der Waals surface area contributed by atoms with Gasteiger partial charge in [-0.25, -0.2) is 4.98 Å². The summed E-state index contributed by atoms with van der Waals surface area (Å²) in [5.41, 5.74) is 12.0. The summed E-state index contributed by atoms with van der Waals surface area (Å²) in [5.74, 6) is 2.30. The average molecular weight is 791 g/mol. The largest absolute Gasteiger partial charge is 0.372 e. The molecule has 5 heterocycles. The lowest BCUT2D eigenvalue weighted by atomic mass is 9.88. The van der Waals surface area contributed by atoms with Crippen LogP contribution in [0.4, 0.5) is 40.2 Å². The summed E-state index contributed by atoms with van der Waals surface area (Å²) in [5, 5.41) is 10.8. The predicted octanol–water partition coefficient (Wildman–Crippen LogP) is 9.74. The van der Waals surface area contributed by atoms with Crippen LogP contribution in [0.5, 0.6) is 0 Å². The van der Waals surface area contributed by atoms with Gasteiger partial charge in [-0.2, -0.15) is 4.98 Å². The number of hydrogen-bond acceptors (Lipinski definition) is 10. The van der Waals surface area contributed by atoms with Gasteiger partial charge in [0.05, 0.1) is 17.6 Å². The molecule has 4 aromatic rings. The lowest BCUT2D eigenvalue weighted by Gasteiger charge is -2.38. The molecule has 0 aliphatic carbocycles. The van der Waals surface area contributed by atoms with Crippen molar-refractivity contribution in [1.82, 2.24) is 20.2 Å². The van der Waals surface area contributed by atoms with E-state index in [9.17, 15) is 0 Å². The van der Waals surface area contributed by atoms with Crippen LogP contribution in [0.2, 0.25) is 5.02 Å². The van der Waals surface area contributed by atoms with E-state index in [2.05, 4.69) is 127 Å². The minimum Gasteiger partial charge on any atom is -0.372 e. The first-order valence-corrected chi connectivity index (χ1v) is 22.0. The minimum atomic E-state index is 0.376. The molecule has 4 aliphatic rings. The fourth-order valence-corrected chi connectivity index (χ4v) is 9.70. The summed E-state index contributed by atoms with van der Waals surface area (Å²) in [7, 11) is 0. The monoisotopic (exact) mass is 789 g/mol. The molecular formula is C45H56ClN9S. The van der Waals surface area contributed by atoms with Crippen molar-refractivity contribution in [2.24, 2.45) is 5.92 Å². The number of fused-ring (bicyclic) bond motifs is 1. The topological polar surface area (TPSA) is 74.8 Å². The summed E-state index contributed by atoms with van der Waals surface area (Å²) in [6.07, 6.45) is 11.7. The molecule has 56 heavy (non-hydrogen) atoms. The summed E-state index contributed by atoms with van der Waals surface area (Å²) >= 11 is 8.35. The van der Waals surface area contributed by atoms with Gasteiger partial charge in [-0.3, -0.25) is 4.90 Å². The van der Waals surface area contributed by atoms with Crippen LogP contribution in [0.25, 0.3) is 0 Å². The van der Waals surface area contributed by atoms with E-state index < -0.39 is 0 Å². The molecular weight excluding hydrogens is 734 g/mol. The second kappa shape index (κ2) is 17.4. The van der Waals surface area contributed by atoms with Crippen molar-refractivity contribution in [3.8, 4) is 0 Å². The van der Waals surface area contributed by atoms with Gasteiger partial charge in [0.1, 0.15) is 5.02 Å². The first kappa shape index (κ1) is 38.5. The SMILES string of the molecule is C=C1CCC(c2ccc(N3CCC(CCN4CCN(c5ccc(Nc6ncc(Cl)c(Nc7cccc8c7N(SC)CC8)n6)c(CC)c5)CC4)CC3)cc2)C(=C)N1. The predicted molar refractivity (Wildman–Crippen MR) is 238 cm³/mol. The highest BCUT2D eigenvalue weighted by molar-refractivity contribution is 8.00. The third-order valence-electron chi connectivity index (χ3n) is 12.2. The number of para-hydroxylation sites is 1. The first-order valence-electron chi connectivity index (χ1n) is 20.4. The third kappa shape index (κ3) is 8.62. The van der Waals surface area contributed by atoms with Gasteiger partial charge in [-0.1, -0.05) is 67.9 Å². The maximum absolute atomic E-state index is 6.61. The Morgan fingerprint density at radius 3 is 2.38 bits per heavy atom. The minimum absolute atomic E-state index is 0.376. The van der Waals surface area contributed by atoms with Crippen molar-refractivity contribution in [2.75, 3.05) is 83.4 Å². The Hall–Kier alpha value is -4.38. The van der Waals surface area contributed by atoms with Gasteiger partial charge >= 0.3 is 0 Å². The molecule has 4 aliphatic heterocycles. The zero-order valence-electron chi connectivity index (χ0n) is 33.0. The maximum atomic E-state index is 6.61. The molecule has 9 nitrogen and oxygen atoms in total. The van der Waals surface area contributed by atoms with Crippen LogP contribution in [-0.4, -0.2) is 73.5 Å². The summed E-state index contributed by atoms with van der Waals surface area (Å²) in [6, 6.07) is 22.4. The zero-order chi connectivity index (χ0) is 38.6. The number of aromatic nitrogens is 2. The third-order valence-corrected chi connectivity index (χ3v) is 13.3. The van der Waals surface area contributed by atoms with Gasteiger partial charge in [-0.15, -0.1) is 0 Å². The lowest BCUT2D eigenvalue weighted by molar-refractivity contribution is 0.228. The van der Waals surface area contributed by atoms with Crippen molar-refractivity contribution in [3.05, 3.63) is 113 Å². The maximum Gasteiger partial charge on any atom is 0.229 e. The van der Waals surface area contributed by atoms with Crippen molar-refractivity contribution in [3.63, 3.8) is 0 Å². The number of aryl methyl sites for hydroxylation is 1. The fraction of sp³-hybridized carbons (Fsp3) is 0.422. The molecule has 0 amide bonds. The van der Waals surface area contributed by atoms with E-state index in [-0.39, 0.29) is 0 Å². The Morgan fingerprint density at radius 1 is 0.857 bits per heavy atom. The van der Waals surface area contributed by atoms with Crippen molar-refractivity contribution >= 4 is 63.8 Å². The number of hydrogen-bond donors (Lipinski definition) is 3. The number of halogens is 1. The van der Waals surface area contributed by atoms with E-state index in [4.69, 9.17) is 16.6 Å². The number of benzene rings is 3. The smallest absolute Gasteiger partial charge is 0.229 e. The first-order chi connectivity index (χ1) is 27.3. The van der Waals surface area contributed by atoms with E-state index in [1.165, 1.54) is 59.6 Å². The van der Waals surface area contributed by atoms with E-state index in [0.29, 0.717) is 22.7 Å². The van der Waals surface area contributed by atoms with Crippen LogP contribution in [0, 0.1) is 5.92 Å². The standard InChI is InChI=1S/C45H56ClN9S/c1-5-34-29-38(14-16-41(34)50-45-47-30-40(46)44(51-45)49-42-8-6-7-36-20-24-55(56-4)43(36)42)54-27-25-52(26-28-54)21-17-33-18-22-53(23-19-33)37-12-10-35(11-13-37)39-15-9-31(2)48-32(39)3/h6-8,10-14,16,29-30,33,39,48H,2-3,5,9,15,17-28H2,1,4H3,(H2,47,49,50,51). The van der Waals surface area contributed by atoms with Crippen LogP contribution >= 0.6 is 23.5 Å². The molecule has 0 bridgehead atoms. The van der Waals surface area contributed by atoms with Gasteiger partial charge in [-0.05, 0) is 110 Å². The lowest BCUT2D eigenvalue weighted by Crippen LogP contribution is -2.47. The van der Waals surface area contributed by atoms with E-state index in [1.807, 2.05) is 0 Å². The molecule has 1 aromatic heterocycles. The number of piperidine rings is 2. The van der Waals surface area contributed by atoms with Crippen LogP contribution in [-0.2, 0) is 12.8 Å². The summed E-state index contributed by atoms with van der Waals surface area (Å²) < 4.78 is 2.32. The van der Waals surface area contributed by atoms with Crippen LogP contribution < -0.4 is 30.1 Å². The van der Waals surface area contributed by atoms with Gasteiger partial charge in [0, 0.05) is 86.4 Å². The number of piperazine rings is 1.